The summed E-state index contributed by atoms with van der Waals surface area (Å²) in [6, 6.07) is 15.8. The Kier molecular flexibility index (Phi) is 3.96. The van der Waals surface area contributed by atoms with Crippen LogP contribution in [0.4, 0.5) is 0 Å². The van der Waals surface area contributed by atoms with E-state index in [4.69, 9.17) is 0 Å². The third-order valence-electron chi connectivity index (χ3n) is 4.46. The van der Waals surface area contributed by atoms with Crippen LogP contribution in [0.2, 0.25) is 0 Å². The van der Waals surface area contributed by atoms with Crippen LogP contribution < -0.4 is 0 Å². The van der Waals surface area contributed by atoms with Crippen LogP contribution in [0.3, 0.4) is 0 Å². The lowest BCUT2D eigenvalue weighted by atomic mass is 9.82. The van der Waals surface area contributed by atoms with Crippen molar-refractivity contribution in [2.45, 2.75) is 50.3 Å². The average molecular weight is 343 g/mol. The first kappa shape index (κ1) is 14.8. The molecule has 3 rings (SSSR count). The SMILES string of the molecule is CC(C)(C)c1ccccc1C(Br)c1ccc2c(c1)CCC2. The highest BCUT2D eigenvalue weighted by molar-refractivity contribution is 9.09. The normalized spacial score (nSPS) is 15.8. The Balaban J connectivity index is 2.01. The first-order valence-corrected chi connectivity index (χ1v) is 8.73. The Labute approximate surface area is 136 Å². The molecule has 0 aromatic heterocycles. The first-order chi connectivity index (χ1) is 9.97. The Morgan fingerprint density at radius 2 is 1.67 bits per heavy atom. The van der Waals surface area contributed by atoms with Gasteiger partial charge in [-0.3, -0.25) is 0 Å². The summed E-state index contributed by atoms with van der Waals surface area (Å²) >= 11 is 3.95. The molecule has 110 valence electrons. The first-order valence-electron chi connectivity index (χ1n) is 7.82. The minimum absolute atomic E-state index is 0.166. The Morgan fingerprint density at radius 1 is 0.952 bits per heavy atom. The third kappa shape index (κ3) is 2.94. The Bertz CT molecular complexity index is 649. The third-order valence-corrected chi connectivity index (χ3v) is 5.48. The van der Waals surface area contributed by atoms with Gasteiger partial charge in [0.05, 0.1) is 4.83 Å². The second-order valence-corrected chi connectivity index (χ2v) is 8.00. The molecule has 0 heterocycles. The number of aryl methyl sites for hydroxylation is 2. The van der Waals surface area contributed by atoms with Crippen LogP contribution in [0.15, 0.2) is 42.5 Å². The maximum atomic E-state index is 3.95. The fourth-order valence-electron chi connectivity index (χ4n) is 3.33. The fourth-order valence-corrected chi connectivity index (χ4v) is 4.01. The quantitative estimate of drug-likeness (QED) is 0.591. The highest BCUT2D eigenvalue weighted by Gasteiger charge is 2.23. The van der Waals surface area contributed by atoms with Gasteiger partial charge in [0, 0.05) is 0 Å². The van der Waals surface area contributed by atoms with E-state index in [1.807, 2.05) is 0 Å². The lowest BCUT2D eigenvalue weighted by Crippen LogP contribution is -2.15. The topological polar surface area (TPSA) is 0 Å². The van der Waals surface area contributed by atoms with Crippen molar-refractivity contribution >= 4 is 15.9 Å². The predicted molar refractivity (Wildman–Crippen MR) is 94.4 cm³/mol. The number of hydrogen-bond donors (Lipinski definition) is 0. The Morgan fingerprint density at radius 3 is 2.43 bits per heavy atom. The lowest BCUT2D eigenvalue weighted by molar-refractivity contribution is 0.584. The summed E-state index contributed by atoms with van der Waals surface area (Å²) in [5.41, 5.74) is 7.45. The van der Waals surface area contributed by atoms with E-state index >= 15 is 0 Å². The van der Waals surface area contributed by atoms with E-state index in [0.717, 1.165) is 0 Å². The molecule has 21 heavy (non-hydrogen) atoms. The standard InChI is InChI=1S/C20H23Br/c1-20(2,3)18-10-5-4-9-17(18)19(21)16-12-11-14-7-6-8-15(14)13-16/h4-5,9-13,19H,6-8H2,1-3H3. The second kappa shape index (κ2) is 5.61. The van der Waals surface area contributed by atoms with Crippen LogP contribution in [0.5, 0.6) is 0 Å². The molecular weight excluding hydrogens is 320 g/mol. The molecule has 0 aliphatic heterocycles. The number of rotatable bonds is 2. The van der Waals surface area contributed by atoms with E-state index in [9.17, 15) is 0 Å². The smallest absolute Gasteiger partial charge is 0.0647 e. The molecule has 1 atom stereocenters. The molecule has 0 bridgehead atoms. The lowest BCUT2D eigenvalue weighted by Gasteiger charge is -2.25. The van der Waals surface area contributed by atoms with Crippen molar-refractivity contribution in [1.82, 2.24) is 0 Å². The van der Waals surface area contributed by atoms with Gasteiger partial charge in [0.2, 0.25) is 0 Å². The van der Waals surface area contributed by atoms with E-state index in [0.29, 0.717) is 0 Å². The van der Waals surface area contributed by atoms with Crippen molar-refractivity contribution in [3.8, 4) is 0 Å². The zero-order valence-electron chi connectivity index (χ0n) is 13.1. The summed E-state index contributed by atoms with van der Waals surface area (Å²) in [5, 5.41) is 0. The van der Waals surface area contributed by atoms with E-state index < -0.39 is 0 Å². The molecule has 2 aromatic carbocycles. The molecule has 0 saturated carbocycles. The largest absolute Gasteiger partial charge is 0.0786 e. The summed E-state index contributed by atoms with van der Waals surface area (Å²) < 4.78 is 0. The molecule has 0 N–H and O–H groups in total. The maximum Gasteiger partial charge on any atom is 0.0647 e. The van der Waals surface area contributed by atoms with Crippen LogP contribution >= 0.6 is 15.9 Å². The van der Waals surface area contributed by atoms with Crippen LogP contribution in [-0.4, -0.2) is 0 Å². The van der Waals surface area contributed by atoms with E-state index in [1.165, 1.54) is 36.0 Å². The molecular formula is C20H23Br. The fraction of sp³-hybridized carbons (Fsp3) is 0.400. The molecule has 2 aromatic rings. The van der Waals surface area contributed by atoms with Crippen molar-refractivity contribution in [2.75, 3.05) is 0 Å². The molecule has 0 saturated heterocycles. The van der Waals surface area contributed by atoms with Crippen LogP contribution in [0.1, 0.15) is 59.8 Å². The molecule has 1 heteroatoms. The zero-order chi connectivity index (χ0) is 15.0. The van der Waals surface area contributed by atoms with Gasteiger partial charge in [-0.15, -0.1) is 0 Å². The maximum absolute atomic E-state index is 3.95. The van der Waals surface area contributed by atoms with Gasteiger partial charge >= 0.3 is 0 Å². The van der Waals surface area contributed by atoms with Crippen LogP contribution in [0, 0.1) is 0 Å². The number of benzene rings is 2. The molecule has 0 amide bonds. The van der Waals surface area contributed by atoms with Crippen molar-refractivity contribution in [3.63, 3.8) is 0 Å². The minimum Gasteiger partial charge on any atom is -0.0786 e. The number of alkyl halides is 1. The van der Waals surface area contributed by atoms with Gasteiger partial charge in [-0.25, -0.2) is 0 Å². The Hall–Kier alpha value is -1.08. The summed E-state index contributed by atoms with van der Waals surface area (Å²) in [5.74, 6) is 0. The monoisotopic (exact) mass is 342 g/mol. The summed E-state index contributed by atoms with van der Waals surface area (Å²) in [6.07, 6.45) is 3.80. The van der Waals surface area contributed by atoms with Crippen molar-refractivity contribution < 1.29 is 0 Å². The minimum atomic E-state index is 0.166. The zero-order valence-corrected chi connectivity index (χ0v) is 14.7. The summed E-state index contributed by atoms with van der Waals surface area (Å²) in [6.45, 7) is 6.86. The molecule has 1 unspecified atom stereocenters. The average Bonchev–Trinajstić information content (AvgIpc) is 2.93. The molecule has 0 spiro atoms. The van der Waals surface area contributed by atoms with Gasteiger partial charge < -0.3 is 0 Å². The highest BCUT2D eigenvalue weighted by Crippen LogP contribution is 2.38. The van der Waals surface area contributed by atoms with Gasteiger partial charge in [-0.2, -0.15) is 0 Å². The van der Waals surface area contributed by atoms with Gasteiger partial charge in [0.1, 0.15) is 0 Å². The number of fused-ring (bicyclic) bond motifs is 1. The van der Waals surface area contributed by atoms with Gasteiger partial charge in [-0.05, 0) is 52.5 Å². The predicted octanol–water partition coefficient (Wildman–Crippen LogP) is 5.96. The van der Waals surface area contributed by atoms with Gasteiger partial charge in [0.25, 0.3) is 0 Å². The molecule has 0 radical (unpaired) electrons. The van der Waals surface area contributed by atoms with Gasteiger partial charge in [-0.1, -0.05) is 79.2 Å². The molecule has 0 nitrogen and oxygen atoms in total. The van der Waals surface area contributed by atoms with E-state index in [1.54, 1.807) is 11.1 Å². The summed E-state index contributed by atoms with van der Waals surface area (Å²) in [4.78, 5) is 0.277. The molecule has 1 aliphatic carbocycles. The molecule has 0 fully saturated rings. The van der Waals surface area contributed by atoms with Crippen molar-refractivity contribution in [2.24, 2.45) is 0 Å². The number of halogens is 1. The second-order valence-electron chi connectivity index (χ2n) is 7.08. The van der Waals surface area contributed by atoms with Crippen LogP contribution in [0.25, 0.3) is 0 Å². The van der Waals surface area contributed by atoms with Crippen molar-refractivity contribution in [3.05, 3.63) is 70.3 Å². The molecule has 1 aliphatic rings. The van der Waals surface area contributed by atoms with Gasteiger partial charge in [0.15, 0.2) is 0 Å². The van der Waals surface area contributed by atoms with Crippen LogP contribution in [-0.2, 0) is 18.3 Å². The van der Waals surface area contributed by atoms with Crippen molar-refractivity contribution in [1.29, 1.82) is 0 Å². The van der Waals surface area contributed by atoms with E-state index in [2.05, 4.69) is 79.2 Å². The highest BCUT2D eigenvalue weighted by atomic mass is 79.9. The number of hydrogen-bond acceptors (Lipinski definition) is 0. The van der Waals surface area contributed by atoms with E-state index in [-0.39, 0.29) is 10.2 Å². The summed E-state index contributed by atoms with van der Waals surface area (Å²) in [7, 11) is 0.